The third-order valence-electron chi connectivity index (χ3n) is 8.02. The lowest BCUT2D eigenvalue weighted by molar-refractivity contribution is -0.137. The van der Waals surface area contributed by atoms with Crippen molar-refractivity contribution in [1.29, 1.82) is 0 Å². The number of unbranched alkanes of at least 4 members (excludes halogenated alkanes) is 1. The van der Waals surface area contributed by atoms with Crippen LogP contribution in [-0.2, 0) is 18.4 Å². The van der Waals surface area contributed by atoms with Crippen molar-refractivity contribution in [3.8, 4) is 0 Å². The third-order valence-corrected chi connectivity index (χ3v) is 17.0. The van der Waals surface area contributed by atoms with Crippen molar-refractivity contribution in [3.63, 3.8) is 0 Å². The maximum Gasteiger partial charge on any atom is 0.331 e. The van der Waals surface area contributed by atoms with Crippen molar-refractivity contribution in [1.82, 2.24) is 0 Å². The maximum atomic E-state index is 13.0. The van der Waals surface area contributed by atoms with Crippen LogP contribution in [0.2, 0.25) is 36.3 Å². The molecule has 3 atom stereocenters. The summed E-state index contributed by atoms with van der Waals surface area (Å²) in [4.78, 5) is 12.4. The zero-order valence-electron chi connectivity index (χ0n) is 23.8. The molecule has 0 aliphatic heterocycles. The van der Waals surface area contributed by atoms with Crippen LogP contribution in [0.3, 0.4) is 0 Å². The van der Waals surface area contributed by atoms with Crippen molar-refractivity contribution < 1.29 is 22.8 Å². The fourth-order valence-corrected chi connectivity index (χ4v) is 6.44. The van der Waals surface area contributed by atoms with Gasteiger partial charge in [-0.05, 0) is 73.6 Å². The van der Waals surface area contributed by atoms with E-state index in [0.717, 1.165) is 24.0 Å². The zero-order chi connectivity index (χ0) is 26.5. The number of hydrogen-bond acceptors (Lipinski definition) is 4. The number of esters is 1. The highest BCUT2D eigenvalue weighted by Crippen LogP contribution is 2.47. The van der Waals surface area contributed by atoms with Gasteiger partial charge in [0.15, 0.2) is 16.6 Å². The van der Waals surface area contributed by atoms with Crippen LogP contribution in [0.25, 0.3) is 0 Å². The first kappa shape index (κ1) is 31.3. The van der Waals surface area contributed by atoms with Crippen LogP contribution in [0, 0.1) is 5.92 Å². The van der Waals surface area contributed by atoms with E-state index in [1.165, 1.54) is 0 Å². The predicted molar refractivity (Wildman–Crippen MR) is 146 cm³/mol. The van der Waals surface area contributed by atoms with Gasteiger partial charge < -0.3 is 13.6 Å². The highest BCUT2D eigenvalue weighted by Gasteiger charge is 2.48. The summed E-state index contributed by atoms with van der Waals surface area (Å²) in [5.41, 5.74) is 1.70. The van der Waals surface area contributed by atoms with Crippen LogP contribution in [0.1, 0.15) is 74.1 Å². The highest BCUT2D eigenvalue weighted by molar-refractivity contribution is 6.74. The van der Waals surface area contributed by atoms with Crippen LogP contribution in [0.5, 0.6) is 0 Å². The zero-order valence-corrected chi connectivity index (χ0v) is 25.8. The smallest absolute Gasteiger partial charge is 0.331 e. The second kappa shape index (κ2) is 12.0. The Bertz CT molecular complexity index is 732. The van der Waals surface area contributed by atoms with Gasteiger partial charge in [0.2, 0.25) is 0 Å². The molecule has 4 nitrogen and oxygen atoms in total. The number of hydrogen-bond donors (Lipinski definition) is 0. The number of ether oxygens (including phenoxy) is 1. The van der Waals surface area contributed by atoms with Crippen LogP contribution >= 0.6 is 0 Å². The molecule has 0 radical (unpaired) electrons. The summed E-state index contributed by atoms with van der Waals surface area (Å²) < 4.78 is 32.2. The first-order chi connectivity index (χ1) is 15.4. The summed E-state index contributed by atoms with van der Waals surface area (Å²) in [5.74, 6) is -0.284. The van der Waals surface area contributed by atoms with Crippen molar-refractivity contribution in [2.45, 2.75) is 123 Å². The molecule has 1 saturated carbocycles. The molecule has 0 aromatic carbocycles. The number of halogens is 1. The molecule has 0 spiro atoms. The Morgan fingerprint density at radius 2 is 1.56 bits per heavy atom. The summed E-state index contributed by atoms with van der Waals surface area (Å²) in [7, 11) is -4.26. The average molecular weight is 515 g/mol. The molecule has 0 amide bonds. The lowest BCUT2D eigenvalue weighted by Gasteiger charge is -2.49. The second-order valence-corrected chi connectivity index (χ2v) is 22.2. The van der Waals surface area contributed by atoms with Gasteiger partial charge in [-0.15, -0.1) is 0 Å². The highest BCUT2D eigenvalue weighted by atomic mass is 28.4. The molecule has 0 N–H and O–H groups in total. The largest absolute Gasteiger partial charge is 0.463 e. The third kappa shape index (κ3) is 8.14. The van der Waals surface area contributed by atoms with E-state index in [0.29, 0.717) is 19.4 Å². The quantitative estimate of drug-likeness (QED) is 0.128. The first-order valence-electron chi connectivity index (χ1n) is 12.9. The standard InChI is InChI=1S/C27H51FO4Si2/c1-13-30-24(29)19-21-18-23(31-33(9,10)26(3,4)5)22(16-14-15-17-28)25(20(21)2)32-34(11,12)27(6,7)8/h19,22-23,25H,2,13-18H2,1,3-12H3/b21-19-/t22-,23+,25+/m0/s1. The number of rotatable bonds is 10. The number of carbonyl (C=O) groups excluding carboxylic acids is 1. The van der Waals surface area contributed by atoms with Gasteiger partial charge in [-0.1, -0.05) is 54.5 Å². The molecule has 0 unspecified atom stereocenters. The average Bonchev–Trinajstić information content (AvgIpc) is 2.65. The minimum atomic E-state index is -2.16. The van der Waals surface area contributed by atoms with Crippen LogP contribution in [0.4, 0.5) is 4.39 Å². The van der Waals surface area contributed by atoms with Crippen LogP contribution in [0.15, 0.2) is 23.8 Å². The summed E-state index contributed by atoms with van der Waals surface area (Å²) >= 11 is 0. The molecule has 0 aromatic heterocycles. The first-order valence-corrected chi connectivity index (χ1v) is 18.7. The summed E-state index contributed by atoms with van der Waals surface area (Å²) in [5, 5.41) is 0.0702. The van der Waals surface area contributed by atoms with Crippen molar-refractivity contribution >= 4 is 22.6 Å². The Hall–Kier alpha value is -0.766. The monoisotopic (exact) mass is 514 g/mol. The summed E-state index contributed by atoms with van der Waals surface area (Å²) in [6, 6.07) is 0. The van der Waals surface area contributed by atoms with E-state index in [-0.39, 0.29) is 40.8 Å². The van der Waals surface area contributed by atoms with Crippen molar-refractivity contribution in [2.24, 2.45) is 5.92 Å². The van der Waals surface area contributed by atoms with Crippen molar-refractivity contribution in [3.05, 3.63) is 23.8 Å². The van der Waals surface area contributed by atoms with E-state index in [4.69, 9.17) is 13.6 Å². The molecule has 34 heavy (non-hydrogen) atoms. The van der Waals surface area contributed by atoms with E-state index >= 15 is 0 Å². The minimum Gasteiger partial charge on any atom is -0.463 e. The maximum absolute atomic E-state index is 13.0. The van der Waals surface area contributed by atoms with Gasteiger partial charge in [-0.3, -0.25) is 4.39 Å². The van der Waals surface area contributed by atoms with E-state index in [1.54, 1.807) is 13.0 Å². The Kier molecular flexibility index (Phi) is 11.0. The Labute approximate surface area is 211 Å². The molecule has 7 heteroatoms. The van der Waals surface area contributed by atoms with Gasteiger partial charge in [0.25, 0.3) is 0 Å². The fourth-order valence-electron chi connectivity index (χ4n) is 3.76. The molecule has 0 bridgehead atoms. The molecule has 198 valence electrons. The molecule has 0 aromatic rings. The molecular formula is C27H51FO4Si2. The molecule has 1 fully saturated rings. The lowest BCUT2D eigenvalue weighted by Crippen LogP contribution is -2.53. The van der Waals surface area contributed by atoms with Crippen LogP contribution in [-0.4, -0.2) is 48.1 Å². The molecule has 0 heterocycles. The van der Waals surface area contributed by atoms with E-state index in [2.05, 4.69) is 74.3 Å². The predicted octanol–water partition coefficient (Wildman–Crippen LogP) is 7.97. The molecular weight excluding hydrogens is 463 g/mol. The Balaban J connectivity index is 3.53. The lowest BCUT2D eigenvalue weighted by atomic mass is 9.76. The van der Waals surface area contributed by atoms with Gasteiger partial charge >= 0.3 is 5.97 Å². The van der Waals surface area contributed by atoms with Gasteiger partial charge in [0, 0.05) is 12.0 Å². The minimum absolute atomic E-state index is 0.0228. The van der Waals surface area contributed by atoms with Crippen molar-refractivity contribution in [2.75, 3.05) is 13.3 Å². The topological polar surface area (TPSA) is 44.8 Å². The molecule has 0 saturated heterocycles. The summed E-state index contributed by atoms with van der Waals surface area (Å²) in [6.07, 6.45) is 3.93. The molecule has 1 rings (SSSR count). The molecule has 1 aliphatic rings. The second-order valence-electron chi connectivity index (χ2n) is 12.7. The number of carbonyl (C=O) groups is 1. The van der Waals surface area contributed by atoms with Gasteiger partial charge in [0.05, 0.1) is 25.5 Å². The fraction of sp³-hybridized carbons (Fsp3) is 0.815. The SMILES string of the molecule is C=C1/C(=C\C(=O)OCC)C[C@@H](O[Si](C)(C)C(C)(C)C)[C@H](CCCCF)[C@@H]1O[Si](C)(C)C(C)(C)C. The van der Waals surface area contributed by atoms with Crippen LogP contribution < -0.4 is 0 Å². The van der Waals surface area contributed by atoms with Gasteiger partial charge in [0.1, 0.15) is 0 Å². The van der Waals surface area contributed by atoms with E-state index < -0.39 is 16.6 Å². The molecule has 1 aliphatic carbocycles. The Morgan fingerprint density at radius 1 is 1.03 bits per heavy atom. The van der Waals surface area contributed by atoms with Gasteiger partial charge in [-0.2, -0.15) is 0 Å². The van der Waals surface area contributed by atoms with E-state index in [1.807, 2.05) is 0 Å². The van der Waals surface area contributed by atoms with E-state index in [9.17, 15) is 9.18 Å². The normalized spacial score (nSPS) is 23.9. The summed E-state index contributed by atoms with van der Waals surface area (Å²) in [6.45, 7) is 28.6. The van der Waals surface area contributed by atoms with Gasteiger partial charge in [-0.25, -0.2) is 4.79 Å². The Morgan fingerprint density at radius 3 is 2.03 bits per heavy atom. The number of alkyl halides is 1.